The molecule has 1 aliphatic carbocycles. The quantitative estimate of drug-likeness (QED) is 0.174. The van der Waals surface area contributed by atoms with Gasteiger partial charge in [0.05, 0.1) is 30.5 Å². The lowest BCUT2D eigenvalue weighted by Crippen LogP contribution is -2.31. The van der Waals surface area contributed by atoms with Gasteiger partial charge in [-0.2, -0.15) is 5.26 Å². The molecule has 5 N–H and O–H groups in total. The monoisotopic (exact) mass is 577 g/mol. The Morgan fingerprint density at radius 2 is 1.86 bits per heavy atom. The molecule has 4 aromatic rings. The number of amides is 1. The van der Waals surface area contributed by atoms with E-state index in [1.807, 2.05) is 66.0 Å². The second-order valence-electron chi connectivity index (χ2n) is 11.2. The fourth-order valence-electron chi connectivity index (χ4n) is 4.85. The zero-order valence-corrected chi connectivity index (χ0v) is 24.7. The van der Waals surface area contributed by atoms with Crippen molar-refractivity contribution in [3.05, 3.63) is 106 Å². The van der Waals surface area contributed by atoms with E-state index in [-0.39, 0.29) is 17.9 Å². The van der Waals surface area contributed by atoms with Crippen molar-refractivity contribution >= 4 is 22.4 Å². The Kier molecular flexibility index (Phi) is 8.83. The maximum absolute atomic E-state index is 13.1. The first kappa shape index (κ1) is 29.2. The highest BCUT2D eigenvalue weighted by molar-refractivity contribution is 7.14. The molecule has 1 amide bonds. The van der Waals surface area contributed by atoms with E-state index in [1.165, 1.54) is 16.9 Å². The third kappa shape index (κ3) is 6.60. The van der Waals surface area contributed by atoms with E-state index in [9.17, 15) is 15.2 Å². The number of benzene rings is 3. The van der Waals surface area contributed by atoms with E-state index in [0.29, 0.717) is 29.8 Å². The average molecular weight is 578 g/mol. The molecule has 0 spiro atoms. The number of rotatable bonds is 10. The van der Waals surface area contributed by atoms with Gasteiger partial charge in [0, 0.05) is 34.2 Å². The molecule has 5 rings (SSSR count). The van der Waals surface area contributed by atoms with E-state index < -0.39 is 0 Å². The third-order valence-electron chi connectivity index (χ3n) is 7.78. The number of aliphatic hydroxyl groups is 1. The van der Waals surface area contributed by atoms with Crippen molar-refractivity contribution in [1.29, 1.82) is 5.26 Å². The molecular formula is C34H35N5O2S. The van der Waals surface area contributed by atoms with Gasteiger partial charge in [0.25, 0.3) is 5.91 Å². The first-order chi connectivity index (χ1) is 20.3. The number of hydrogen-bond acceptors (Lipinski definition) is 7. The molecule has 1 heterocycles. The van der Waals surface area contributed by atoms with Gasteiger partial charge in [0.1, 0.15) is 0 Å². The molecule has 0 atom stereocenters. The largest absolute Gasteiger partial charge is 0.392 e. The van der Waals surface area contributed by atoms with Crippen LogP contribution in [0.1, 0.15) is 60.2 Å². The number of nitrogens with two attached hydrogens (primary N) is 1. The Labute approximate surface area is 250 Å². The molecule has 1 aromatic heterocycles. The number of aromatic nitrogens is 1. The van der Waals surface area contributed by atoms with Gasteiger partial charge in [-0.3, -0.25) is 4.79 Å². The highest BCUT2D eigenvalue weighted by Gasteiger charge is 2.21. The summed E-state index contributed by atoms with van der Waals surface area (Å²) in [6, 6.07) is 23.3. The molecule has 1 saturated carbocycles. The van der Waals surface area contributed by atoms with Crippen molar-refractivity contribution in [2.75, 3.05) is 18.4 Å². The van der Waals surface area contributed by atoms with E-state index in [4.69, 9.17) is 10.7 Å². The minimum atomic E-state index is -0.206. The van der Waals surface area contributed by atoms with Gasteiger partial charge >= 0.3 is 0 Å². The van der Waals surface area contributed by atoms with Crippen LogP contribution in [0.5, 0.6) is 0 Å². The number of carbonyl (C=O) groups excluding carboxylic acids is 1. The Hall–Kier alpha value is -4.29. The van der Waals surface area contributed by atoms with Gasteiger partial charge in [-0.05, 0) is 83.5 Å². The Morgan fingerprint density at radius 3 is 2.57 bits per heavy atom. The normalized spacial score (nSPS) is 12.8. The van der Waals surface area contributed by atoms with Gasteiger partial charge in [-0.1, -0.05) is 44.2 Å². The molecule has 214 valence electrons. The van der Waals surface area contributed by atoms with E-state index in [0.717, 1.165) is 58.0 Å². The minimum Gasteiger partial charge on any atom is -0.392 e. The third-order valence-corrected chi connectivity index (χ3v) is 8.54. The summed E-state index contributed by atoms with van der Waals surface area (Å²) >= 11 is 1.52. The number of thiazole rings is 1. The van der Waals surface area contributed by atoms with Crippen molar-refractivity contribution in [3.63, 3.8) is 0 Å². The Balaban J connectivity index is 1.31. The Morgan fingerprint density at radius 1 is 1.07 bits per heavy atom. The molecule has 0 radical (unpaired) electrons. The summed E-state index contributed by atoms with van der Waals surface area (Å²) in [6.07, 6.45) is 3.16. The fraction of sp³-hybridized carbons (Fsp3) is 0.265. The van der Waals surface area contributed by atoms with E-state index in [1.54, 1.807) is 6.07 Å². The smallest absolute Gasteiger partial charge is 0.251 e. The predicted molar refractivity (Wildman–Crippen MR) is 169 cm³/mol. The zero-order chi connectivity index (χ0) is 29.7. The van der Waals surface area contributed by atoms with Gasteiger partial charge < -0.3 is 21.5 Å². The van der Waals surface area contributed by atoms with Crippen molar-refractivity contribution in [2.24, 2.45) is 5.73 Å². The number of nitriles is 1. The summed E-state index contributed by atoms with van der Waals surface area (Å²) in [5, 5.41) is 28.4. The molecule has 1 fully saturated rings. The number of hydrogen-bond donors (Lipinski definition) is 4. The molecule has 0 aliphatic heterocycles. The highest BCUT2D eigenvalue weighted by Crippen LogP contribution is 2.33. The van der Waals surface area contributed by atoms with Crippen LogP contribution in [0.4, 0.5) is 5.13 Å². The van der Waals surface area contributed by atoms with E-state index >= 15 is 0 Å². The number of allylic oxidation sites excluding steroid dienone is 1. The van der Waals surface area contributed by atoms with Crippen molar-refractivity contribution in [3.8, 4) is 28.5 Å². The molecule has 8 heteroatoms. The van der Waals surface area contributed by atoms with Gasteiger partial charge in [0.15, 0.2) is 5.13 Å². The van der Waals surface area contributed by atoms with Gasteiger partial charge in [-0.15, -0.1) is 11.3 Å². The van der Waals surface area contributed by atoms with E-state index in [2.05, 4.69) is 30.6 Å². The zero-order valence-electron chi connectivity index (χ0n) is 23.9. The second-order valence-corrected chi connectivity index (χ2v) is 12.1. The molecule has 1 aliphatic rings. The number of carbonyl (C=O) groups is 1. The standard InChI is InChI=1S/C34H35N5O2S/c1-34(2,21-36)29-11-5-10-27(16-29)32(41)37-18-30(24-6-3-7-24)38-33-39-31(20-42-33)26-9-4-8-25(15-26)28-13-22(17-35)12-23(14-28)19-40/h4-5,8-16,20,40H,3,6-7,18-19,21,36H2,1-2H3,(H,37,41)(H,38,39). The summed E-state index contributed by atoms with van der Waals surface area (Å²) in [7, 11) is 0. The van der Waals surface area contributed by atoms with Crippen molar-refractivity contribution < 1.29 is 9.90 Å². The molecule has 0 unspecified atom stereocenters. The van der Waals surface area contributed by atoms with Crippen LogP contribution in [-0.2, 0) is 12.0 Å². The predicted octanol–water partition coefficient (Wildman–Crippen LogP) is 6.36. The topological polar surface area (TPSA) is 124 Å². The molecule has 7 nitrogen and oxygen atoms in total. The molecular weight excluding hydrogens is 542 g/mol. The average Bonchev–Trinajstić information content (AvgIpc) is 3.47. The molecule has 0 saturated heterocycles. The van der Waals surface area contributed by atoms with Crippen LogP contribution in [0, 0.1) is 11.3 Å². The summed E-state index contributed by atoms with van der Waals surface area (Å²) in [6.45, 7) is 4.92. The van der Waals surface area contributed by atoms with Gasteiger partial charge in [0.2, 0.25) is 0 Å². The van der Waals surface area contributed by atoms with Crippen LogP contribution in [0.3, 0.4) is 0 Å². The number of aliphatic hydroxyl groups excluding tert-OH is 1. The van der Waals surface area contributed by atoms with Crippen LogP contribution in [-0.4, -0.2) is 29.1 Å². The lowest BCUT2D eigenvalue weighted by atomic mass is 9.84. The summed E-state index contributed by atoms with van der Waals surface area (Å²) in [5.41, 5.74) is 14.5. The summed E-state index contributed by atoms with van der Waals surface area (Å²) in [4.78, 5) is 17.9. The van der Waals surface area contributed by atoms with Crippen LogP contribution in [0.15, 0.2) is 83.4 Å². The van der Waals surface area contributed by atoms with Crippen molar-refractivity contribution in [2.45, 2.75) is 45.1 Å². The van der Waals surface area contributed by atoms with Crippen LogP contribution >= 0.6 is 11.3 Å². The summed E-state index contributed by atoms with van der Waals surface area (Å²) in [5.74, 6) is -0.120. The number of nitrogens with one attached hydrogen (secondary N) is 2. The minimum absolute atomic E-state index is 0.120. The van der Waals surface area contributed by atoms with Crippen LogP contribution in [0.2, 0.25) is 0 Å². The van der Waals surface area contributed by atoms with Crippen LogP contribution < -0.4 is 16.4 Å². The number of nitrogens with zero attached hydrogens (tertiary/aromatic N) is 2. The Bertz CT molecular complexity index is 1680. The second kappa shape index (κ2) is 12.7. The van der Waals surface area contributed by atoms with Gasteiger partial charge in [-0.25, -0.2) is 4.98 Å². The SMILES string of the molecule is CC(C)(CN)c1cccc(C(=O)NCC(Nc2nc(-c3cccc(-c4cc(C#N)cc(CO)c4)c3)cs2)=C2CCC2)c1. The van der Waals surface area contributed by atoms with Crippen molar-refractivity contribution in [1.82, 2.24) is 10.3 Å². The lowest BCUT2D eigenvalue weighted by Gasteiger charge is -2.24. The maximum atomic E-state index is 13.1. The fourth-order valence-corrected chi connectivity index (χ4v) is 5.59. The maximum Gasteiger partial charge on any atom is 0.251 e. The summed E-state index contributed by atoms with van der Waals surface area (Å²) < 4.78 is 0. The first-order valence-corrected chi connectivity index (χ1v) is 15.0. The molecule has 0 bridgehead atoms. The first-order valence-electron chi connectivity index (χ1n) is 14.1. The molecule has 42 heavy (non-hydrogen) atoms. The highest BCUT2D eigenvalue weighted by atomic mass is 32.1. The number of anilines is 1. The lowest BCUT2D eigenvalue weighted by molar-refractivity contribution is 0.0956. The van der Waals surface area contributed by atoms with Crippen LogP contribution in [0.25, 0.3) is 22.4 Å². The molecule has 3 aromatic carbocycles.